The lowest BCUT2D eigenvalue weighted by atomic mass is 10.0. The Morgan fingerprint density at radius 3 is 2.55 bits per heavy atom. The van der Waals surface area contributed by atoms with Crippen molar-refractivity contribution in [3.63, 3.8) is 0 Å². The third-order valence-electron chi connectivity index (χ3n) is 2.86. The van der Waals surface area contributed by atoms with Crippen molar-refractivity contribution in [3.8, 4) is 0 Å². The van der Waals surface area contributed by atoms with E-state index in [9.17, 15) is 9.90 Å². The first-order valence-electron chi connectivity index (χ1n) is 6.74. The average molecular weight is 300 g/mol. The number of ether oxygens (including phenoxy) is 1. The Hall–Kier alpha value is -1.26. The molecule has 0 radical (unpaired) electrons. The second-order valence-corrected chi connectivity index (χ2v) is 5.47. The summed E-state index contributed by atoms with van der Waals surface area (Å²) in [6, 6.07) is 9.04. The lowest BCUT2D eigenvalue weighted by molar-refractivity contribution is 0.104. The standard InChI is InChI=1S/C15H22ClNO3/c1-11(2)8-13(14(18)9-16)17-15(19)20-10-12-6-4-3-5-7-12/h3-7,11,13-14,18H,8-10H2,1-2H3,(H,17,19). The number of benzene rings is 1. The summed E-state index contributed by atoms with van der Waals surface area (Å²) in [6.07, 6.45) is -0.666. The van der Waals surface area contributed by atoms with Crippen molar-refractivity contribution in [3.05, 3.63) is 35.9 Å². The number of hydrogen-bond donors (Lipinski definition) is 2. The number of alkyl carbamates (subject to hydrolysis) is 1. The van der Waals surface area contributed by atoms with E-state index in [1.54, 1.807) is 0 Å². The number of rotatable bonds is 7. The summed E-state index contributed by atoms with van der Waals surface area (Å²) < 4.78 is 5.13. The zero-order chi connectivity index (χ0) is 15.0. The van der Waals surface area contributed by atoms with E-state index in [4.69, 9.17) is 16.3 Å². The van der Waals surface area contributed by atoms with Crippen LogP contribution in [-0.4, -0.2) is 29.2 Å². The van der Waals surface area contributed by atoms with E-state index < -0.39 is 18.2 Å². The molecule has 2 unspecified atom stereocenters. The molecule has 1 amide bonds. The molecule has 0 aromatic heterocycles. The Balaban J connectivity index is 2.45. The minimum Gasteiger partial charge on any atom is -0.445 e. The summed E-state index contributed by atoms with van der Waals surface area (Å²) >= 11 is 5.64. The molecule has 1 rings (SSSR count). The lowest BCUT2D eigenvalue weighted by Gasteiger charge is -2.24. The molecule has 0 bridgehead atoms. The van der Waals surface area contributed by atoms with Crippen LogP contribution in [0.2, 0.25) is 0 Å². The molecular formula is C15H22ClNO3. The van der Waals surface area contributed by atoms with Crippen LogP contribution in [0.3, 0.4) is 0 Å². The maximum Gasteiger partial charge on any atom is 0.407 e. The summed E-state index contributed by atoms with van der Waals surface area (Å²) in [5.41, 5.74) is 0.918. The SMILES string of the molecule is CC(C)CC(NC(=O)OCc1ccccc1)C(O)CCl. The fraction of sp³-hybridized carbons (Fsp3) is 0.533. The minimum absolute atomic E-state index is 0.0797. The fourth-order valence-corrected chi connectivity index (χ4v) is 2.06. The molecule has 0 aliphatic rings. The normalized spacial score (nSPS) is 13.8. The van der Waals surface area contributed by atoms with Crippen LogP contribution in [0.1, 0.15) is 25.8 Å². The molecule has 0 saturated heterocycles. The van der Waals surface area contributed by atoms with Gasteiger partial charge >= 0.3 is 6.09 Å². The zero-order valence-corrected chi connectivity index (χ0v) is 12.6. The van der Waals surface area contributed by atoms with Gasteiger partial charge in [-0.1, -0.05) is 44.2 Å². The Labute approximate surface area is 125 Å². The summed E-state index contributed by atoms with van der Waals surface area (Å²) in [7, 11) is 0. The third-order valence-corrected chi connectivity index (χ3v) is 3.18. The van der Waals surface area contributed by atoms with Gasteiger partial charge in [0.2, 0.25) is 0 Å². The number of amides is 1. The van der Waals surface area contributed by atoms with Crippen LogP contribution >= 0.6 is 11.6 Å². The van der Waals surface area contributed by atoms with Gasteiger partial charge in [0.05, 0.1) is 18.0 Å². The molecule has 112 valence electrons. The highest BCUT2D eigenvalue weighted by Crippen LogP contribution is 2.10. The number of aliphatic hydroxyl groups is 1. The monoisotopic (exact) mass is 299 g/mol. The molecule has 0 saturated carbocycles. The second-order valence-electron chi connectivity index (χ2n) is 5.16. The number of alkyl halides is 1. The molecule has 1 aromatic rings. The molecule has 5 heteroatoms. The van der Waals surface area contributed by atoms with E-state index in [0.29, 0.717) is 12.3 Å². The van der Waals surface area contributed by atoms with Crippen LogP contribution in [0.25, 0.3) is 0 Å². The van der Waals surface area contributed by atoms with E-state index in [0.717, 1.165) is 5.56 Å². The summed E-state index contributed by atoms with van der Waals surface area (Å²) in [4.78, 5) is 11.7. The number of hydrogen-bond acceptors (Lipinski definition) is 3. The van der Waals surface area contributed by atoms with Crippen molar-refractivity contribution in [2.45, 2.75) is 39.0 Å². The first kappa shape index (κ1) is 16.8. The van der Waals surface area contributed by atoms with Crippen LogP contribution in [0.4, 0.5) is 4.79 Å². The van der Waals surface area contributed by atoms with E-state index >= 15 is 0 Å². The van der Waals surface area contributed by atoms with Crippen molar-refractivity contribution >= 4 is 17.7 Å². The molecule has 4 nitrogen and oxygen atoms in total. The molecule has 0 aliphatic carbocycles. The van der Waals surface area contributed by atoms with Crippen LogP contribution in [-0.2, 0) is 11.3 Å². The van der Waals surface area contributed by atoms with E-state index in [1.165, 1.54) is 0 Å². The molecular weight excluding hydrogens is 278 g/mol. The Bertz CT molecular complexity index is 397. The maximum atomic E-state index is 11.7. The Morgan fingerprint density at radius 2 is 2.00 bits per heavy atom. The molecule has 0 heterocycles. The highest BCUT2D eigenvalue weighted by Gasteiger charge is 2.22. The van der Waals surface area contributed by atoms with Gasteiger partial charge < -0.3 is 15.2 Å². The largest absolute Gasteiger partial charge is 0.445 e. The van der Waals surface area contributed by atoms with Crippen molar-refractivity contribution in [2.75, 3.05) is 5.88 Å². The topological polar surface area (TPSA) is 58.6 Å². The molecule has 0 aliphatic heterocycles. The fourth-order valence-electron chi connectivity index (χ4n) is 1.84. The number of carbonyl (C=O) groups is 1. The first-order valence-corrected chi connectivity index (χ1v) is 7.27. The first-order chi connectivity index (χ1) is 9.52. The number of halogens is 1. The smallest absolute Gasteiger partial charge is 0.407 e. The van der Waals surface area contributed by atoms with E-state index in [1.807, 2.05) is 44.2 Å². The van der Waals surface area contributed by atoms with Crippen molar-refractivity contribution in [1.29, 1.82) is 0 Å². The molecule has 2 atom stereocenters. The van der Waals surface area contributed by atoms with Crippen LogP contribution < -0.4 is 5.32 Å². The van der Waals surface area contributed by atoms with Crippen molar-refractivity contribution < 1.29 is 14.6 Å². The predicted octanol–water partition coefficient (Wildman–Crippen LogP) is 2.93. The van der Waals surface area contributed by atoms with Gasteiger partial charge in [-0.3, -0.25) is 0 Å². The van der Waals surface area contributed by atoms with E-state index in [2.05, 4.69) is 5.32 Å². The minimum atomic E-state index is -0.775. The van der Waals surface area contributed by atoms with Crippen molar-refractivity contribution in [1.82, 2.24) is 5.32 Å². The van der Waals surface area contributed by atoms with Gasteiger partial charge in [-0.25, -0.2) is 4.79 Å². The third kappa shape index (κ3) is 6.26. The Morgan fingerprint density at radius 1 is 1.35 bits per heavy atom. The molecule has 20 heavy (non-hydrogen) atoms. The number of carbonyl (C=O) groups excluding carboxylic acids is 1. The highest BCUT2D eigenvalue weighted by atomic mass is 35.5. The average Bonchev–Trinajstić information content (AvgIpc) is 2.44. The molecule has 0 fully saturated rings. The quantitative estimate of drug-likeness (QED) is 0.761. The second kappa shape index (κ2) is 8.82. The van der Waals surface area contributed by atoms with Gasteiger partial charge in [0.1, 0.15) is 6.61 Å². The van der Waals surface area contributed by atoms with Crippen LogP contribution in [0, 0.1) is 5.92 Å². The van der Waals surface area contributed by atoms with E-state index in [-0.39, 0.29) is 12.5 Å². The van der Waals surface area contributed by atoms with Gasteiger partial charge in [0.15, 0.2) is 0 Å². The molecule has 2 N–H and O–H groups in total. The van der Waals surface area contributed by atoms with Gasteiger partial charge in [-0.05, 0) is 17.9 Å². The number of nitrogens with one attached hydrogen (secondary N) is 1. The van der Waals surface area contributed by atoms with Gasteiger partial charge in [0, 0.05) is 0 Å². The summed E-state index contributed by atoms with van der Waals surface area (Å²) in [5.74, 6) is 0.420. The lowest BCUT2D eigenvalue weighted by Crippen LogP contribution is -2.45. The van der Waals surface area contributed by atoms with Gasteiger partial charge in [0.25, 0.3) is 0 Å². The predicted molar refractivity (Wildman–Crippen MR) is 79.7 cm³/mol. The van der Waals surface area contributed by atoms with Gasteiger partial charge in [-0.15, -0.1) is 11.6 Å². The maximum absolute atomic E-state index is 11.7. The van der Waals surface area contributed by atoms with Gasteiger partial charge in [-0.2, -0.15) is 0 Å². The molecule has 0 spiro atoms. The molecule has 1 aromatic carbocycles. The number of aliphatic hydroxyl groups excluding tert-OH is 1. The van der Waals surface area contributed by atoms with Crippen molar-refractivity contribution in [2.24, 2.45) is 5.92 Å². The Kier molecular flexibility index (Phi) is 7.41. The summed E-state index contributed by atoms with van der Waals surface area (Å²) in [6.45, 7) is 4.24. The van der Waals surface area contributed by atoms with Crippen LogP contribution in [0.5, 0.6) is 0 Å². The highest BCUT2D eigenvalue weighted by molar-refractivity contribution is 6.18. The summed E-state index contributed by atoms with van der Waals surface area (Å²) in [5, 5.41) is 12.5. The van der Waals surface area contributed by atoms with Crippen LogP contribution in [0.15, 0.2) is 30.3 Å². The zero-order valence-electron chi connectivity index (χ0n) is 11.9.